The molecule has 0 aromatic carbocycles. The van der Waals surface area contributed by atoms with E-state index in [0.717, 1.165) is 12.8 Å². The van der Waals surface area contributed by atoms with Gasteiger partial charge in [-0.25, -0.2) is 4.98 Å². The molecule has 1 rings (SSSR count). The van der Waals surface area contributed by atoms with Crippen molar-refractivity contribution in [1.29, 1.82) is 0 Å². The van der Waals surface area contributed by atoms with Gasteiger partial charge in [-0.3, -0.25) is 10.1 Å². The number of hydrogen-bond acceptors (Lipinski definition) is 5. The summed E-state index contributed by atoms with van der Waals surface area (Å²) in [7, 11) is 0. The van der Waals surface area contributed by atoms with Crippen LogP contribution in [0.1, 0.15) is 33.1 Å². The largest absolute Gasteiger partial charge is 0.330 e. The molecule has 94 valence electrons. The molecular formula is C11H19N5O. The van der Waals surface area contributed by atoms with Crippen molar-refractivity contribution in [1.82, 2.24) is 15.2 Å². The third-order valence-electron chi connectivity index (χ3n) is 2.58. The number of rotatable bonds is 6. The van der Waals surface area contributed by atoms with Crippen LogP contribution in [0.25, 0.3) is 0 Å². The highest BCUT2D eigenvalue weighted by Gasteiger charge is 2.18. The van der Waals surface area contributed by atoms with E-state index in [9.17, 15) is 4.79 Å². The van der Waals surface area contributed by atoms with Gasteiger partial charge in [-0.05, 0) is 24.8 Å². The third-order valence-corrected chi connectivity index (χ3v) is 2.58. The van der Waals surface area contributed by atoms with Gasteiger partial charge in [0, 0.05) is 6.42 Å². The Labute approximate surface area is 101 Å². The molecule has 0 aliphatic rings. The van der Waals surface area contributed by atoms with Crippen LogP contribution < -0.4 is 11.1 Å². The Hall–Kier alpha value is -1.56. The van der Waals surface area contributed by atoms with E-state index in [0.29, 0.717) is 13.0 Å². The maximum Gasteiger partial charge on any atom is 0.249 e. The standard InChI is InChI=1S/C11H19N5O/c1-11(2,5-6-12)4-3-9(17)15-10-13-7-8-14-16-10/h7-8H,3-6,12H2,1-2H3,(H,13,15,16,17). The van der Waals surface area contributed by atoms with Crippen LogP contribution in [0, 0.1) is 5.41 Å². The van der Waals surface area contributed by atoms with E-state index in [1.54, 1.807) is 0 Å². The number of aromatic nitrogens is 3. The van der Waals surface area contributed by atoms with Crippen molar-refractivity contribution in [2.24, 2.45) is 11.1 Å². The van der Waals surface area contributed by atoms with Crippen molar-refractivity contribution < 1.29 is 4.79 Å². The van der Waals surface area contributed by atoms with Crippen LogP contribution >= 0.6 is 0 Å². The molecule has 0 atom stereocenters. The summed E-state index contributed by atoms with van der Waals surface area (Å²) in [6.07, 6.45) is 5.08. The molecule has 6 heteroatoms. The molecule has 3 N–H and O–H groups in total. The molecule has 0 saturated heterocycles. The van der Waals surface area contributed by atoms with Crippen LogP contribution in [0.15, 0.2) is 12.4 Å². The predicted octanol–water partition coefficient (Wildman–Crippen LogP) is 0.965. The smallest absolute Gasteiger partial charge is 0.249 e. The molecule has 6 nitrogen and oxygen atoms in total. The van der Waals surface area contributed by atoms with E-state index < -0.39 is 0 Å². The minimum Gasteiger partial charge on any atom is -0.330 e. The fraction of sp³-hybridized carbons (Fsp3) is 0.636. The quantitative estimate of drug-likeness (QED) is 0.768. The van der Waals surface area contributed by atoms with Crippen molar-refractivity contribution in [2.45, 2.75) is 33.1 Å². The number of hydrogen-bond donors (Lipinski definition) is 2. The normalized spacial score (nSPS) is 11.2. The molecule has 0 bridgehead atoms. The van der Waals surface area contributed by atoms with Gasteiger partial charge >= 0.3 is 0 Å². The van der Waals surface area contributed by atoms with E-state index in [1.165, 1.54) is 12.4 Å². The number of carbonyl (C=O) groups is 1. The van der Waals surface area contributed by atoms with Gasteiger partial charge < -0.3 is 5.73 Å². The van der Waals surface area contributed by atoms with Crippen molar-refractivity contribution >= 4 is 11.9 Å². The van der Waals surface area contributed by atoms with Crippen LogP contribution in [-0.2, 0) is 4.79 Å². The molecule has 0 fully saturated rings. The summed E-state index contributed by atoms with van der Waals surface area (Å²) < 4.78 is 0. The van der Waals surface area contributed by atoms with Gasteiger partial charge in [0.2, 0.25) is 11.9 Å². The first kappa shape index (κ1) is 13.5. The summed E-state index contributed by atoms with van der Waals surface area (Å²) in [6, 6.07) is 0. The Morgan fingerprint density at radius 3 is 2.76 bits per heavy atom. The van der Waals surface area contributed by atoms with Gasteiger partial charge in [0.05, 0.1) is 12.4 Å². The van der Waals surface area contributed by atoms with Gasteiger partial charge in [0.15, 0.2) is 0 Å². The van der Waals surface area contributed by atoms with E-state index >= 15 is 0 Å². The second kappa shape index (κ2) is 6.24. The zero-order valence-electron chi connectivity index (χ0n) is 10.3. The summed E-state index contributed by atoms with van der Waals surface area (Å²) in [5.41, 5.74) is 5.60. The number of amides is 1. The van der Waals surface area contributed by atoms with Crippen LogP contribution in [0.3, 0.4) is 0 Å². The first-order chi connectivity index (χ1) is 8.03. The maximum atomic E-state index is 11.6. The van der Waals surface area contributed by atoms with Crippen molar-refractivity contribution in [3.05, 3.63) is 12.4 Å². The summed E-state index contributed by atoms with van der Waals surface area (Å²) in [5.74, 6) is 0.150. The van der Waals surface area contributed by atoms with Gasteiger partial charge in [0.25, 0.3) is 0 Å². The number of nitrogens with zero attached hydrogens (tertiary/aromatic N) is 3. The zero-order chi connectivity index (χ0) is 12.7. The van der Waals surface area contributed by atoms with Gasteiger partial charge in [-0.15, -0.1) is 5.10 Å². The lowest BCUT2D eigenvalue weighted by Gasteiger charge is -2.23. The number of carbonyl (C=O) groups excluding carboxylic acids is 1. The summed E-state index contributed by atoms with van der Waals surface area (Å²) >= 11 is 0. The van der Waals surface area contributed by atoms with E-state index in [-0.39, 0.29) is 17.3 Å². The molecular weight excluding hydrogens is 218 g/mol. The molecule has 1 aromatic heterocycles. The minimum atomic E-state index is -0.0944. The molecule has 0 unspecified atom stereocenters. The molecule has 0 aliphatic carbocycles. The van der Waals surface area contributed by atoms with Gasteiger partial charge in [-0.1, -0.05) is 13.8 Å². The maximum absolute atomic E-state index is 11.6. The van der Waals surface area contributed by atoms with Crippen molar-refractivity contribution in [3.8, 4) is 0 Å². The minimum absolute atomic E-state index is 0.0852. The first-order valence-electron chi connectivity index (χ1n) is 5.67. The summed E-state index contributed by atoms with van der Waals surface area (Å²) in [4.78, 5) is 15.5. The third kappa shape index (κ3) is 5.35. The lowest BCUT2D eigenvalue weighted by molar-refractivity contribution is -0.116. The zero-order valence-corrected chi connectivity index (χ0v) is 10.3. The highest BCUT2D eigenvalue weighted by Crippen LogP contribution is 2.25. The summed E-state index contributed by atoms with van der Waals surface area (Å²) in [6.45, 7) is 4.85. The molecule has 1 heterocycles. The van der Waals surface area contributed by atoms with E-state index in [4.69, 9.17) is 5.73 Å². The molecule has 0 saturated carbocycles. The number of nitrogens with two attached hydrogens (primary N) is 1. The Morgan fingerprint density at radius 2 is 2.18 bits per heavy atom. The molecule has 0 spiro atoms. The number of nitrogens with one attached hydrogen (secondary N) is 1. The highest BCUT2D eigenvalue weighted by molar-refractivity contribution is 5.88. The number of anilines is 1. The van der Waals surface area contributed by atoms with Crippen LogP contribution in [0.4, 0.5) is 5.95 Å². The lowest BCUT2D eigenvalue weighted by atomic mass is 9.84. The highest BCUT2D eigenvalue weighted by atomic mass is 16.1. The van der Waals surface area contributed by atoms with Crippen molar-refractivity contribution in [2.75, 3.05) is 11.9 Å². The SMILES string of the molecule is CC(C)(CCN)CCC(=O)Nc1nccnn1. The second-order valence-electron chi connectivity index (χ2n) is 4.72. The molecule has 0 radical (unpaired) electrons. The first-order valence-corrected chi connectivity index (χ1v) is 5.67. The Balaban J connectivity index is 2.36. The topological polar surface area (TPSA) is 93.8 Å². The van der Waals surface area contributed by atoms with Crippen LogP contribution in [0.5, 0.6) is 0 Å². The summed E-state index contributed by atoms with van der Waals surface area (Å²) in [5, 5.41) is 9.92. The molecule has 1 amide bonds. The lowest BCUT2D eigenvalue weighted by Crippen LogP contribution is -2.21. The Kier molecular flexibility index (Phi) is 4.96. The Bertz CT molecular complexity index is 352. The molecule has 17 heavy (non-hydrogen) atoms. The second-order valence-corrected chi connectivity index (χ2v) is 4.72. The van der Waals surface area contributed by atoms with E-state index in [2.05, 4.69) is 34.3 Å². The Morgan fingerprint density at radius 1 is 1.41 bits per heavy atom. The fourth-order valence-corrected chi connectivity index (χ4v) is 1.46. The van der Waals surface area contributed by atoms with Crippen LogP contribution in [0.2, 0.25) is 0 Å². The van der Waals surface area contributed by atoms with Crippen LogP contribution in [-0.4, -0.2) is 27.6 Å². The average molecular weight is 237 g/mol. The average Bonchev–Trinajstić information content (AvgIpc) is 2.28. The molecule has 0 aliphatic heterocycles. The molecule has 1 aromatic rings. The van der Waals surface area contributed by atoms with E-state index in [1.807, 2.05) is 0 Å². The van der Waals surface area contributed by atoms with Crippen molar-refractivity contribution in [3.63, 3.8) is 0 Å². The van der Waals surface area contributed by atoms with Gasteiger partial charge in [-0.2, -0.15) is 5.10 Å². The predicted molar refractivity (Wildman–Crippen MR) is 65.1 cm³/mol. The van der Waals surface area contributed by atoms with Gasteiger partial charge in [0.1, 0.15) is 0 Å². The monoisotopic (exact) mass is 237 g/mol. The fourth-order valence-electron chi connectivity index (χ4n) is 1.46.